The van der Waals surface area contributed by atoms with E-state index in [1.807, 2.05) is 0 Å². The number of rotatable bonds is 10. The highest BCUT2D eigenvalue weighted by Gasteiger charge is 2.46. The van der Waals surface area contributed by atoms with E-state index >= 15 is 0 Å². The minimum Gasteiger partial charge on any atom is -0.497 e. The van der Waals surface area contributed by atoms with Gasteiger partial charge >= 0.3 is 0 Å². The number of halogens is 1. The van der Waals surface area contributed by atoms with E-state index in [0.717, 1.165) is 15.2 Å². The van der Waals surface area contributed by atoms with Crippen LogP contribution in [0.3, 0.4) is 0 Å². The normalized spacial score (nSPS) is 25.3. The van der Waals surface area contributed by atoms with Gasteiger partial charge in [-0.2, -0.15) is 4.31 Å². The number of alkyl halides is 1. The number of hydrogen-bond acceptors (Lipinski definition) is 11. The lowest BCUT2D eigenvalue weighted by Gasteiger charge is -2.38. The lowest BCUT2D eigenvalue weighted by atomic mass is 9.99. The third kappa shape index (κ3) is 5.90. The van der Waals surface area contributed by atoms with Crippen LogP contribution in [0, 0.1) is 5.92 Å². The molecule has 1 aromatic carbocycles. The van der Waals surface area contributed by atoms with Crippen LogP contribution < -0.4 is 10.2 Å². The molecule has 1 fully saturated rings. The van der Waals surface area contributed by atoms with Crippen molar-refractivity contribution in [2.75, 3.05) is 13.7 Å². The van der Waals surface area contributed by atoms with Crippen LogP contribution in [0.15, 0.2) is 35.4 Å². The van der Waals surface area contributed by atoms with Crippen LogP contribution in [0.25, 0.3) is 0 Å². The highest BCUT2D eigenvalue weighted by molar-refractivity contribution is 7.89. The Morgan fingerprint density at radius 2 is 1.92 bits per heavy atom. The molecule has 1 saturated heterocycles. The summed E-state index contributed by atoms with van der Waals surface area (Å²) in [4.78, 5) is 12.4. The lowest BCUT2D eigenvalue weighted by Crippen LogP contribution is -2.55. The summed E-state index contributed by atoms with van der Waals surface area (Å²) in [5, 5.41) is 46.1. The zero-order chi connectivity index (χ0) is 27.5. The van der Waals surface area contributed by atoms with Crippen molar-refractivity contribution in [1.29, 1.82) is 0 Å². The topological polar surface area (TPSA) is 197 Å². The van der Waals surface area contributed by atoms with Gasteiger partial charge in [0.05, 0.1) is 37.0 Å². The molecule has 2 heterocycles. The van der Waals surface area contributed by atoms with Gasteiger partial charge in [-0.25, -0.2) is 23.0 Å². The van der Waals surface area contributed by atoms with E-state index in [-0.39, 0.29) is 10.6 Å². The van der Waals surface area contributed by atoms with Crippen LogP contribution in [0.5, 0.6) is 5.75 Å². The second-order valence-corrected chi connectivity index (χ2v) is 10.6. The van der Waals surface area contributed by atoms with E-state index in [9.17, 15) is 38.1 Å². The van der Waals surface area contributed by atoms with E-state index in [2.05, 4.69) is 10.3 Å². The first-order valence-electron chi connectivity index (χ1n) is 11.2. The van der Waals surface area contributed by atoms with Gasteiger partial charge in [-0.15, -0.1) is 5.10 Å². The molecule has 0 spiro atoms. The molecule has 3 rings (SSSR count). The highest BCUT2D eigenvalue weighted by Crippen LogP contribution is 2.31. The minimum atomic E-state index is -4.36. The SMILES string of the molecule is COc1ccc(S(=O)(=O)N(Cc2cn([C@@H]3O[C@H](CO)[C@@H](O)[C@H](O)[C@H]3F)nn2)[C@@H](C(=O)NO)C(C)C)cc1. The van der Waals surface area contributed by atoms with Gasteiger partial charge in [0.2, 0.25) is 10.0 Å². The Hall–Kier alpha value is -2.73. The minimum absolute atomic E-state index is 0.0227. The van der Waals surface area contributed by atoms with E-state index < -0.39 is 71.8 Å². The second kappa shape index (κ2) is 11.8. The third-order valence-electron chi connectivity index (χ3n) is 5.95. The fourth-order valence-electron chi connectivity index (χ4n) is 3.99. The van der Waals surface area contributed by atoms with Gasteiger partial charge in [-0.05, 0) is 30.2 Å². The molecule has 2 aromatic rings. The number of methoxy groups -OCH3 is 1. The van der Waals surface area contributed by atoms with Crippen molar-refractivity contribution in [3.05, 3.63) is 36.2 Å². The summed E-state index contributed by atoms with van der Waals surface area (Å²) in [6, 6.07) is 4.06. The van der Waals surface area contributed by atoms with Crippen molar-refractivity contribution < 1.29 is 47.6 Å². The van der Waals surface area contributed by atoms with Gasteiger partial charge in [-0.3, -0.25) is 10.0 Å². The van der Waals surface area contributed by atoms with Crippen molar-refractivity contribution >= 4 is 15.9 Å². The molecule has 0 saturated carbocycles. The fraction of sp³-hybridized carbons (Fsp3) is 0.571. The quantitative estimate of drug-likeness (QED) is 0.180. The molecule has 1 amide bonds. The molecule has 16 heteroatoms. The molecular weight excluding hydrogens is 517 g/mol. The number of aliphatic hydroxyl groups is 3. The molecule has 37 heavy (non-hydrogen) atoms. The standard InChI is InChI=1S/C21H30FN5O9S/c1-11(2)17(20(31)24-32)27(37(33,34)14-6-4-13(35-3)5-7-14)9-12-8-26(25-23-12)21-16(22)19(30)18(29)15(10-28)36-21/h4-8,11,15-19,21,28-30,32H,9-10H2,1-3H3,(H,24,31)/t15-,16-,17-,18-,19-,21-/m1/s1. The average Bonchev–Trinajstić information content (AvgIpc) is 3.35. The van der Waals surface area contributed by atoms with Gasteiger partial charge in [0, 0.05) is 0 Å². The van der Waals surface area contributed by atoms with Gasteiger partial charge in [0.15, 0.2) is 12.4 Å². The molecule has 0 aliphatic carbocycles. The first kappa shape index (κ1) is 28.8. The van der Waals surface area contributed by atoms with Crippen LogP contribution in [0.2, 0.25) is 0 Å². The Bertz CT molecular complexity index is 1160. The molecular formula is C21H30FN5O9S. The molecule has 1 aliphatic heterocycles. The summed E-state index contributed by atoms with van der Waals surface area (Å²) in [6.07, 6.45) is -7.42. The Balaban J connectivity index is 1.98. The van der Waals surface area contributed by atoms with E-state index in [0.29, 0.717) is 5.75 Å². The fourth-order valence-corrected chi connectivity index (χ4v) is 5.68. The van der Waals surface area contributed by atoms with Gasteiger partial charge in [0.1, 0.15) is 30.1 Å². The number of aromatic nitrogens is 3. The predicted octanol–water partition coefficient (Wildman–Crippen LogP) is -1.04. The van der Waals surface area contributed by atoms with E-state index in [1.54, 1.807) is 13.8 Å². The lowest BCUT2D eigenvalue weighted by molar-refractivity contribution is -0.237. The second-order valence-electron chi connectivity index (χ2n) is 8.75. The molecule has 0 radical (unpaired) electrons. The number of carbonyl (C=O) groups is 1. The first-order chi connectivity index (χ1) is 17.5. The number of benzene rings is 1. The number of amides is 1. The zero-order valence-electron chi connectivity index (χ0n) is 20.2. The predicted molar refractivity (Wildman–Crippen MR) is 122 cm³/mol. The highest BCUT2D eigenvalue weighted by atomic mass is 32.2. The summed E-state index contributed by atoms with van der Waals surface area (Å²) >= 11 is 0. The maximum absolute atomic E-state index is 14.7. The maximum atomic E-state index is 14.7. The summed E-state index contributed by atoms with van der Waals surface area (Å²) in [5.41, 5.74) is 1.46. The Kier molecular flexibility index (Phi) is 9.17. The number of carbonyl (C=O) groups excluding carboxylic acids is 1. The summed E-state index contributed by atoms with van der Waals surface area (Å²) in [5.74, 6) is -1.18. The van der Waals surface area contributed by atoms with Crippen molar-refractivity contribution in [1.82, 2.24) is 24.8 Å². The zero-order valence-corrected chi connectivity index (χ0v) is 21.1. The Morgan fingerprint density at radius 1 is 1.27 bits per heavy atom. The Morgan fingerprint density at radius 3 is 2.46 bits per heavy atom. The van der Waals surface area contributed by atoms with Gasteiger partial charge < -0.3 is 24.8 Å². The van der Waals surface area contributed by atoms with Crippen LogP contribution in [0.1, 0.15) is 25.8 Å². The molecule has 14 nitrogen and oxygen atoms in total. The molecule has 206 valence electrons. The van der Waals surface area contributed by atoms with Crippen LogP contribution in [-0.2, 0) is 26.1 Å². The van der Waals surface area contributed by atoms with Crippen LogP contribution in [0.4, 0.5) is 4.39 Å². The first-order valence-corrected chi connectivity index (χ1v) is 12.7. The number of sulfonamides is 1. The van der Waals surface area contributed by atoms with Crippen molar-refractivity contribution in [2.45, 2.75) is 62.0 Å². The van der Waals surface area contributed by atoms with Crippen molar-refractivity contribution in [3.63, 3.8) is 0 Å². The molecule has 1 aromatic heterocycles. The molecule has 1 aliphatic rings. The summed E-state index contributed by atoms with van der Waals surface area (Å²) in [6.45, 7) is 1.95. The van der Waals surface area contributed by atoms with E-state index in [1.165, 1.54) is 36.9 Å². The van der Waals surface area contributed by atoms with Crippen molar-refractivity contribution in [3.8, 4) is 5.75 Å². The van der Waals surface area contributed by atoms with E-state index in [4.69, 9.17) is 9.47 Å². The summed E-state index contributed by atoms with van der Waals surface area (Å²) < 4.78 is 54.0. The molecule has 5 N–H and O–H groups in total. The molecule has 6 atom stereocenters. The number of hydroxylamine groups is 1. The smallest absolute Gasteiger partial charge is 0.262 e. The largest absolute Gasteiger partial charge is 0.497 e. The number of nitrogens with one attached hydrogen (secondary N) is 1. The number of aliphatic hydroxyl groups excluding tert-OH is 3. The number of ether oxygens (including phenoxy) is 2. The van der Waals surface area contributed by atoms with Gasteiger partial charge in [-0.1, -0.05) is 19.1 Å². The maximum Gasteiger partial charge on any atom is 0.262 e. The number of nitrogens with zero attached hydrogens (tertiary/aromatic N) is 4. The van der Waals surface area contributed by atoms with Crippen LogP contribution in [-0.4, -0.2) is 98.4 Å². The molecule has 0 unspecified atom stereocenters. The third-order valence-corrected chi connectivity index (χ3v) is 7.79. The Labute approximate surface area is 212 Å². The summed E-state index contributed by atoms with van der Waals surface area (Å²) in [7, 11) is -2.94. The van der Waals surface area contributed by atoms with Gasteiger partial charge in [0.25, 0.3) is 5.91 Å². The average molecular weight is 548 g/mol. The monoisotopic (exact) mass is 547 g/mol. The van der Waals surface area contributed by atoms with Crippen LogP contribution >= 0.6 is 0 Å². The molecule has 0 bridgehead atoms. The van der Waals surface area contributed by atoms with Crippen molar-refractivity contribution in [2.24, 2.45) is 5.92 Å². The number of hydrogen-bond donors (Lipinski definition) is 5.